The predicted octanol–water partition coefficient (Wildman–Crippen LogP) is 3.57. The Morgan fingerprint density at radius 3 is 2.54 bits per heavy atom. The summed E-state index contributed by atoms with van der Waals surface area (Å²) in [4.78, 5) is 17.9. The van der Waals surface area contributed by atoms with Gasteiger partial charge in [0.15, 0.2) is 5.96 Å². The summed E-state index contributed by atoms with van der Waals surface area (Å²) in [7, 11) is 3.34. The number of hydrogen-bond donors (Lipinski definition) is 1. The largest absolute Gasteiger partial charge is 0.469 e. The molecule has 0 atom stereocenters. The minimum absolute atomic E-state index is 0. The minimum Gasteiger partial charge on any atom is -0.469 e. The van der Waals surface area contributed by atoms with Crippen LogP contribution in [0.3, 0.4) is 0 Å². The van der Waals surface area contributed by atoms with Crippen molar-refractivity contribution in [1.29, 1.82) is 0 Å². The quantitative estimate of drug-likeness (QED) is 0.212. The molecule has 2 aliphatic rings. The third-order valence-electron chi connectivity index (χ3n) is 5.43. The van der Waals surface area contributed by atoms with Crippen LogP contribution in [-0.4, -0.2) is 50.6 Å². The van der Waals surface area contributed by atoms with Crippen molar-refractivity contribution in [3.8, 4) is 0 Å². The van der Waals surface area contributed by atoms with Crippen molar-refractivity contribution in [1.82, 2.24) is 10.2 Å². The van der Waals surface area contributed by atoms with E-state index in [1.165, 1.54) is 45.8 Å². The number of esters is 1. The smallest absolute Gasteiger partial charge is 0.305 e. The predicted molar refractivity (Wildman–Crippen MR) is 109 cm³/mol. The van der Waals surface area contributed by atoms with Gasteiger partial charge in [-0.1, -0.05) is 25.7 Å². The van der Waals surface area contributed by atoms with Crippen LogP contribution in [0.1, 0.15) is 64.2 Å². The van der Waals surface area contributed by atoms with E-state index >= 15 is 0 Å². The van der Waals surface area contributed by atoms with Crippen LogP contribution in [0.25, 0.3) is 0 Å². The molecule has 2 rings (SSSR count). The number of likely N-dealkylation sites (tertiary alicyclic amines) is 1. The molecule has 0 aromatic rings. The van der Waals surface area contributed by atoms with Crippen LogP contribution in [0.5, 0.6) is 0 Å². The summed E-state index contributed by atoms with van der Waals surface area (Å²) in [6.07, 6.45) is 11.8. The summed E-state index contributed by atoms with van der Waals surface area (Å²) in [5.41, 5.74) is 0.589. The van der Waals surface area contributed by atoms with E-state index in [2.05, 4.69) is 19.9 Å². The highest BCUT2D eigenvalue weighted by Gasteiger charge is 2.40. The van der Waals surface area contributed by atoms with Gasteiger partial charge < -0.3 is 15.0 Å². The third-order valence-corrected chi connectivity index (χ3v) is 5.43. The van der Waals surface area contributed by atoms with Gasteiger partial charge in [-0.15, -0.1) is 24.0 Å². The standard InChI is InChI=1S/C18H33N3O2.HI/c1-19-17(20-13-8-4-3-5-9-16(22)23-2)21-14-12-18(15-21)10-6-7-11-18;/h3-15H2,1-2H3,(H,19,20);1H. The Bertz CT molecular complexity index is 409. The zero-order valence-corrected chi connectivity index (χ0v) is 17.6. The van der Waals surface area contributed by atoms with Gasteiger partial charge in [-0.25, -0.2) is 0 Å². The number of ether oxygens (including phenoxy) is 1. The van der Waals surface area contributed by atoms with Gasteiger partial charge in [0.25, 0.3) is 0 Å². The van der Waals surface area contributed by atoms with E-state index in [1.807, 2.05) is 7.05 Å². The maximum atomic E-state index is 11.0. The number of nitrogens with zero attached hydrogens (tertiary/aromatic N) is 2. The molecule has 1 spiro atoms. The molecule has 1 aliphatic heterocycles. The van der Waals surface area contributed by atoms with Gasteiger partial charge in [-0.05, 0) is 37.5 Å². The molecule has 1 saturated heterocycles. The lowest BCUT2D eigenvalue weighted by atomic mass is 9.86. The second-order valence-corrected chi connectivity index (χ2v) is 7.09. The molecule has 5 nitrogen and oxygen atoms in total. The van der Waals surface area contributed by atoms with Crippen LogP contribution in [0.2, 0.25) is 0 Å². The molecule has 0 unspecified atom stereocenters. The molecular weight excluding hydrogens is 417 g/mol. The van der Waals surface area contributed by atoms with Crippen LogP contribution in [-0.2, 0) is 9.53 Å². The van der Waals surface area contributed by atoms with Crippen molar-refractivity contribution in [2.24, 2.45) is 10.4 Å². The number of carbonyl (C=O) groups is 1. The number of halogens is 1. The SMILES string of the molecule is CN=C(NCCCCCCC(=O)OC)N1CCC2(CCCC2)C1.I. The fourth-order valence-electron chi connectivity index (χ4n) is 4.03. The van der Waals surface area contributed by atoms with Crippen LogP contribution in [0, 0.1) is 5.41 Å². The van der Waals surface area contributed by atoms with E-state index < -0.39 is 0 Å². The van der Waals surface area contributed by atoms with E-state index in [0.29, 0.717) is 11.8 Å². The molecule has 1 saturated carbocycles. The Labute approximate surface area is 164 Å². The van der Waals surface area contributed by atoms with Crippen LogP contribution < -0.4 is 5.32 Å². The number of guanidine groups is 1. The van der Waals surface area contributed by atoms with Gasteiger partial charge in [-0.3, -0.25) is 9.79 Å². The van der Waals surface area contributed by atoms with Gasteiger partial charge in [0.2, 0.25) is 0 Å². The van der Waals surface area contributed by atoms with Gasteiger partial charge in [0.05, 0.1) is 7.11 Å². The number of methoxy groups -OCH3 is 1. The second kappa shape index (κ2) is 11.2. The van der Waals surface area contributed by atoms with Gasteiger partial charge in [0, 0.05) is 33.1 Å². The lowest BCUT2D eigenvalue weighted by Gasteiger charge is -2.25. The normalized spacial score (nSPS) is 19.4. The first-order valence-electron chi connectivity index (χ1n) is 9.21. The molecule has 0 radical (unpaired) electrons. The van der Waals surface area contributed by atoms with Crippen LogP contribution in [0.4, 0.5) is 0 Å². The highest BCUT2D eigenvalue weighted by atomic mass is 127. The minimum atomic E-state index is -0.0987. The molecule has 1 aliphatic carbocycles. The van der Waals surface area contributed by atoms with Crippen LogP contribution >= 0.6 is 24.0 Å². The maximum Gasteiger partial charge on any atom is 0.305 e. The summed E-state index contributed by atoms with van der Waals surface area (Å²) in [5.74, 6) is 0.974. The average Bonchev–Trinajstić information content (AvgIpc) is 3.20. The molecule has 0 aromatic heterocycles. The second-order valence-electron chi connectivity index (χ2n) is 7.09. The topological polar surface area (TPSA) is 53.9 Å². The Morgan fingerprint density at radius 1 is 1.17 bits per heavy atom. The first-order chi connectivity index (χ1) is 11.2. The summed E-state index contributed by atoms with van der Waals surface area (Å²) < 4.78 is 4.65. The van der Waals surface area contributed by atoms with E-state index in [0.717, 1.165) is 44.7 Å². The average molecular weight is 451 g/mol. The Hall–Kier alpha value is -0.530. The molecule has 0 amide bonds. The van der Waals surface area contributed by atoms with Gasteiger partial charge >= 0.3 is 5.97 Å². The number of carbonyl (C=O) groups excluding carboxylic acids is 1. The summed E-state index contributed by atoms with van der Waals surface area (Å²) in [6, 6.07) is 0. The van der Waals surface area contributed by atoms with E-state index in [9.17, 15) is 4.79 Å². The summed E-state index contributed by atoms with van der Waals surface area (Å²) >= 11 is 0. The van der Waals surface area contributed by atoms with Crippen molar-refractivity contribution in [3.05, 3.63) is 0 Å². The Balaban J connectivity index is 0.00000288. The van der Waals surface area contributed by atoms with E-state index in [1.54, 1.807) is 0 Å². The zero-order chi connectivity index (χ0) is 16.5. The molecule has 0 aromatic carbocycles. The molecule has 24 heavy (non-hydrogen) atoms. The molecule has 1 N–H and O–H groups in total. The third kappa shape index (κ3) is 6.41. The van der Waals surface area contributed by atoms with Crippen molar-refractivity contribution < 1.29 is 9.53 Å². The highest BCUT2D eigenvalue weighted by Crippen LogP contribution is 2.45. The number of nitrogens with one attached hydrogen (secondary N) is 1. The van der Waals surface area contributed by atoms with Crippen molar-refractivity contribution >= 4 is 35.9 Å². The zero-order valence-electron chi connectivity index (χ0n) is 15.3. The van der Waals surface area contributed by atoms with Crippen molar-refractivity contribution in [2.45, 2.75) is 64.2 Å². The molecule has 1 heterocycles. The van der Waals surface area contributed by atoms with E-state index in [-0.39, 0.29) is 29.9 Å². The first kappa shape index (κ1) is 21.5. The number of unbranched alkanes of at least 4 members (excludes halogenated alkanes) is 3. The number of rotatable bonds is 7. The molecular formula is C18H34IN3O2. The van der Waals surface area contributed by atoms with Crippen molar-refractivity contribution in [3.63, 3.8) is 0 Å². The number of aliphatic imine (C=N–C) groups is 1. The van der Waals surface area contributed by atoms with Gasteiger partial charge in [0.1, 0.15) is 0 Å². The molecule has 140 valence electrons. The maximum absolute atomic E-state index is 11.0. The van der Waals surface area contributed by atoms with Crippen molar-refractivity contribution in [2.75, 3.05) is 33.8 Å². The molecule has 0 bridgehead atoms. The molecule has 2 fully saturated rings. The first-order valence-corrected chi connectivity index (χ1v) is 9.21. The number of hydrogen-bond acceptors (Lipinski definition) is 3. The fraction of sp³-hybridized carbons (Fsp3) is 0.889. The summed E-state index contributed by atoms with van der Waals surface area (Å²) in [5, 5.41) is 3.51. The highest BCUT2D eigenvalue weighted by molar-refractivity contribution is 14.0. The summed E-state index contributed by atoms with van der Waals surface area (Å²) in [6.45, 7) is 3.30. The monoisotopic (exact) mass is 451 g/mol. The van der Waals surface area contributed by atoms with E-state index in [4.69, 9.17) is 0 Å². The Kier molecular flexibility index (Phi) is 10.0. The fourth-order valence-corrected chi connectivity index (χ4v) is 4.03. The van der Waals surface area contributed by atoms with Crippen LogP contribution in [0.15, 0.2) is 4.99 Å². The lowest BCUT2D eigenvalue weighted by Crippen LogP contribution is -2.41. The Morgan fingerprint density at radius 2 is 1.88 bits per heavy atom. The molecule has 6 heteroatoms. The van der Waals surface area contributed by atoms with Gasteiger partial charge in [-0.2, -0.15) is 0 Å². The lowest BCUT2D eigenvalue weighted by molar-refractivity contribution is -0.140.